The van der Waals surface area contributed by atoms with Crippen LogP contribution in [0.25, 0.3) is 0 Å². The summed E-state index contributed by atoms with van der Waals surface area (Å²) in [5.41, 5.74) is 1.95. The summed E-state index contributed by atoms with van der Waals surface area (Å²) in [5.74, 6) is -1.89. The average Bonchev–Trinajstić information content (AvgIpc) is 2.16. The van der Waals surface area contributed by atoms with Gasteiger partial charge in [-0.25, -0.2) is 0 Å². The van der Waals surface area contributed by atoms with E-state index in [9.17, 15) is 18.0 Å². The highest BCUT2D eigenvalue weighted by Crippen LogP contribution is 2.14. The third kappa shape index (κ3) is 3.92. The van der Waals surface area contributed by atoms with E-state index in [1.807, 2.05) is 36.5 Å². The van der Waals surface area contributed by atoms with E-state index in [1.165, 1.54) is 0 Å². The molecule has 0 aromatic heterocycles. The second-order valence-corrected chi connectivity index (χ2v) is 3.49. The maximum absolute atomic E-state index is 11.8. The van der Waals surface area contributed by atoms with E-state index in [2.05, 4.69) is 0 Å². The SMILES string of the molecule is Cc1cccc(CCNC(=O)C(F)(F)F)c1. The highest BCUT2D eigenvalue weighted by atomic mass is 19.4. The van der Waals surface area contributed by atoms with Gasteiger partial charge in [-0.1, -0.05) is 29.8 Å². The summed E-state index contributed by atoms with van der Waals surface area (Å²) in [6.07, 6.45) is -4.41. The first-order valence-electron chi connectivity index (χ1n) is 4.80. The third-order valence-electron chi connectivity index (χ3n) is 2.04. The molecule has 1 amide bonds. The fourth-order valence-electron chi connectivity index (χ4n) is 1.29. The van der Waals surface area contributed by atoms with Crippen LogP contribution in [-0.2, 0) is 11.2 Å². The van der Waals surface area contributed by atoms with Gasteiger partial charge >= 0.3 is 12.1 Å². The zero-order chi connectivity index (χ0) is 12.2. The van der Waals surface area contributed by atoms with Crippen LogP contribution >= 0.6 is 0 Å². The van der Waals surface area contributed by atoms with Gasteiger partial charge in [0.25, 0.3) is 0 Å². The van der Waals surface area contributed by atoms with Crippen LogP contribution in [0.15, 0.2) is 24.3 Å². The molecular formula is C11H12F3NO. The van der Waals surface area contributed by atoms with Crippen LogP contribution in [0.1, 0.15) is 11.1 Å². The maximum Gasteiger partial charge on any atom is 0.471 e. The minimum atomic E-state index is -4.80. The molecule has 0 bridgehead atoms. The molecule has 1 aromatic carbocycles. The molecule has 0 aliphatic rings. The van der Waals surface area contributed by atoms with Crippen molar-refractivity contribution in [2.75, 3.05) is 6.54 Å². The Morgan fingerprint density at radius 1 is 1.38 bits per heavy atom. The molecule has 0 unspecified atom stereocenters. The number of hydrogen-bond donors (Lipinski definition) is 1. The van der Waals surface area contributed by atoms with E-state index in [-0.39, 0.29) is 6.54 Å². The van der Waals surface area contributed by atoms with E-state index in [4.69, 9.17) is 0 Å². The number of alkyl halides is 3. The van der Waals surface area contributed by atoms with Crippen LogP contribution in [0.4, 0.5) is 13.2 Å². The molecule has 0 atom stereocenters. The lowest BCUT2D eigenvalue weighted by molar-refractivity contribution is -0.173. The maximum atomic E-state index is 11.8. The van der Waals surface area contributed by atoms with Crippen LogP contribution in [0.3, 0.4) is 0 Å². The zero-order valence-electron chi connectivity index (χ0n) is 8.77. The Kier molecular flexibility index (Phi) is 3.93. The minimum Gasteiger partial charge on any atom is -0.348 e. The summed E-state index contributed by atoms with van der Waals surface area (Å²) in [7, 11) is 0. The Labute approximate surface area is 91.5 Å². The predicted octanol–water partition coefficient (Wildman–Crippen LogP) is 2.22. The molecule has 0 radical (unpaired) electrons. The molecule has 0 spiro atoms. The van der Waals surface area contributed by atoms with Crippen molar-refractivity contribution in [1.29, 1.82) is 0 Å². The fraction of sp³-hybridized carbons (Fsp3) is 0.364. The number of aryl methyl sites for hydroxylation is 1. The number of hydrogen-bond acceptors (Lipinski definition) is 1. The van der Waals surface area contributed by atoms with Gasteiger partial charge in [0.1, 0.15) is 0 Å². The lowest BCUT2D eigenvalue weighted by Crippen LogP contribution is -2.37. The summed E-state index contributed by atoms with van der Waals surface area (Å²) in [6, 6.07) is 7.42. The lowest BCUT2D eigenvalue weighted by atomic mass is 10.1. The van der Waals surface area contributed by atoms with E-state index in [1.54, 1.807) is 0 Å². The summed E-state index contributed by atoms with van der Waals surface area (Å²) >= 11 is 0. The van der Waals surface area contributed by atoms with Crippen molar-refractivity contribution in [1.82, 2.24) is 5.32 Å². The second-order valence-electron chi connectivity index (χ2n) is 3.49. The number of benzene rings is 1. The summed E-state index contributed by atoms with van der Waals surface area (Å²) < 4.78 is 35.5. The molecule has 0 saturated heterocycles. The van der Waals surface area contributed by atoms with Crippen LogP contribution in [0.2, 0.25) is 0 Å². The molecule has 1 aromatic rings. The highest BCUT2D eigenvalue weighted by molar-refractivity contribution is 5.81. The van der Waals surface area contributed by atoms with Gasteiger partial charge in [0.05, 0.1) is 0 Å². The van der Waals surface area contributed by atoms with Gasteiger partial charge in [0.2, 0.25) is 0 Å². The van der Waals surface area contributed by atoms with E-state index in [0.29, 0.717) is 6.42 Å². The average molecular weight is 231 g/mol. The molecule has 1 rings (SSSR count). The monoisotopic (exact) mass is 231 g/mol. The number of halogens is 3. The molecule has 0 aliphatic carbocycles. The Balaban J connectivity index is 2.39. The highest BCUT2D eigenvalue weighted by Gasteiger charge is 2.38. The first-order chi connectivity index (χ1) is 7.39. The van der Waals surface area contributed by atoms with Crippen LogP contribution in [0, 0.1) is 6.92 Å². The quantitative estimate of drug-likeness (QED) is 0.849. The van der Waals surface area contributed by atoms with Crippen molar-refractivity contribution >= 4 is 5.91 Å². The van der Waals surface area contributed by atoms with Crippen molar-refractivity contribution < 1.29 is 18.0 Å². The van der Waals surface area contributed by atoms with Crippen molar-refractivity contribution in [2.45, 2.75) is 19.5 Å². The van der Waals surface area contributed by atoms with Gasteiger partial charge in [-0.15, -0.1) is 0 Å². The Morgan fingerprint density at radius 3 is 2.62 bits per heavy atom. The fourth-order valence-corrected chi connectivity index (χ4v) is 1.29. The molecule has 88 valence electrons. The third-order valence-corrected chi connectivity index (χ3v) is 2.04. The molecule has 5 heteroatoms. The topological polar surface area (TPSA) is 29.1 Å². The van der Waals surface area contributed by atoms with Gasteiger partial charge in [0.15, 0.2) is 0 Å². The molecule has 1 N–H and O–H groups in total. The smallest absolute Gasteiger partial charge is 0.348 e. The molecule has 0 fully saturated rings. The van der Waals surface area contributed by atoms with Gasteiger partial charge in [-0.2, -0.15) is 13.2 Å². The van der Waals surface area contributed by atoms with Crippen molar-refractivity contribution in [3.8, 4) is 0 Å². The Bertz CT molecular complexity index is 374. The Hall–Kier alpha value is -1.52. The molecular weight excluding hydrogens is 219 g/mol. The number of carbonyl (C=O) groups is 1. The Morgan fingerprint density at radius 2 is 2.06 bits per heavy atom. The lowest BCUT2D eigenvalue weighted by Gasteiger charge is -2.07. The van der Waals surface area contributed by atoms with Gasteiger partial charge in [-0.05, 0) is 18.9 Å². The summed E-state index contributed by atoms with van der Waals surface area (Å²) in [5, 5.41) is 1.83. The molecule has 0 aliphatic heterocycles. The van der Waals surface area contributed by atoms with Gasteiger partial charge in [-0.3, -0.25) is 4.79 Å². The second kappa shape index (κ2) is 5.01. The van der Waals surface area contributed by atoms with Crippen LogP contribution in [-0.4, -0.2) is 18.6 Å². The van der Waals surface area contributed by atoms with Crippen molar-refractivity contribution in [3.63, 3.8) is 0 Å². The summed E-state index contributed by atoms with van der Waals surface area (Å²) in [6.45, 7) is 1.89. The number of carbonyl (C=O) groups excluding carboxylic acids is 1. The van der Waals surface area contributed by atoms with Gasteiger partial charge < -0.3 is 5.32 Å². The largest absolute Gasteiger partial charge is 0.471 e. The van der Waals surface area contributed by atoms with E-state index < -0.39 is 12.1 Å². The molecule has 0 saturated carbocycles. The van der Waals surface area contributed by atoms with Crippen molar-refractivity contribution in [2.24, 2.45) is 0 Å². The minimum absolute atomic E-state index is 0.0121. The first-order valence-corrected chi connectivity index (χ1v) is 4.80. The number of nitrogens with one attached hydrogen (secondary N) is 1. The zero-order valence-corrected chi connectivity index (χ0v) is 8.77. The standard InChI is InChI=1S/C11H12F3NO/c1-8-3-2-4-9(7-8)5-6-15-10(16)11(12,13)14/h2-4,7H,5-6H2,1H3,(H,15,16). The molecule has 0 heterocycles. The van der Waals surface area contributed by atoms with Crippen LogP contribution < -0.4 is 5.32 Å². The van der Waals surface area contributed by atoms with Crippen LogP contribution in [0.5, 0.6) is 0 Å². The van der Waals surface area contributed by atoms with E-state index >= 15 is 0 Å². The summed E-state index contributed by atoms with van der Waals surface area (Å²) in [4.78, 5) is 10.5. The first kappa shape index (κ1) is 12.5. The normalized spacial score (nSPS) is 11.2. The molecule has 2 nitrogen and oxygen atoms in total. The molecule has 16 heavy (non-hydrogen) atoms. The number of amides is 1. The number of rotatable bonds is 3. The van der Waals surface area contributed by atoms with Gasteiger partial charge in [0, 0.05) is 6.54 Å². The predicted molar refractivity (Wildman–Crippen MR) is 53.9 cm³/mol. The van der Waals surface area contributed by atoms with Crippen molar-refractivity contribution in [3.05, 3.63) is 35.4 Å². The van der Waals surface area contributed by atoms with E-state index in [0.717, 1.165) is 11.1 Å².